The van der Waals surface area contributed by atoms with E-state index in [2.05, 4.69) is 0 Å². The molecule has 1 aromatic rings. The van der Waals surface area contributed by atoms with Gasteiger partial charge in [0.2, 0.25) is 0 Å². The summed E-state index contributed by atoms with van der Waals surface area (Å²) < 4.78 is 0. The predicted molar refractivity (Wildman–Crippen MR) is 55.0 cm³/mol. The Morgan fingerprint density at radius 1 is 1.46 bits per heavy atom. The fourth-order valence-corrected chi connectivity index (χ4v) is 1.88. The minimum Gasteiger partial charge on any atom is -0.339 e. The SMILES string of the molecule is [CH]c1ccc(C(=O)N(CC)CC)s1. The number of hydrogen-bond acceptors (Lipinski definition) is 2. The molecule has 1 heterocycles. The molecule has 0 atom stereocenters. The molecule has 0 aliphatic rings. The van der Waals surface area contributed by atoms with Crippen molar-refractivity contribution < 1.29 is 4.79 Å². The van der Waals surface area contributed by atoms with E-state index in [1.54, 1.807) is 17.0 Å². The Kier molecular flexibility index (Phi) is 3.48. The van der Waals surface area contributed by atoms with Crippen LogP contribution in [0, 0.1) is 6.92 Å². The van der Waals surface area contributed by atoms with Crippen LogP contribution in [-0.2, 0) is 0 Å². The molecule has 1 rings (SSSR count). The van der Waals surface area contributed by atoms with E-state index >= 15 is 0 Å². The minimum absolute atomic E-state index is 0.0756. The van der Waals surface area contributed by atoms with Gasteiger partial charge in [0, 0.05) is 24.9 Å². The lowest BCUT2D eigenvalue weighted by Gasteiger charge is -2.17. The maximum atomic E-state index is 11.7. The van der Waals surface area contributed by atoms with Crippen LogP contribution in [0.15, 0.2) is 12.1 Å². The summed E-state index contributed by atoms with van der Waals surface area (Å²) in [5.74, 6) is 0.0756. The third-order valence-corrected chi connectivity index (χ3v) is 2.79. The molecule has 0 aliphatic carbocycles. The van der Waals surface area contributed by atoms with E-state index in [4.69, 9.17) is 6.92 Å². The Hall–Kier alpha value is -0.830. The zero-order valence-corrected chi connectivity index (χ0v) is 8.73. The molecule has 2 nitrogen and oxygen atoms in total. The van der Waals surface area contributed by atoms with Gasteiger partial charge in [-0.25, -0.2) is 0 Å². The monoisotopic (exact) mass is 195 g/mol. The Morgan fingerprint density at radius 3 is 2.46 bits per heavy atom. The number of carbonyl (C=O) groups is 1. The largest absolute Gasteiger partial charge is 0.339 e. The highest BCUT2D eigenvalue weighted by Gasteiger charge is 2.13. The molecule has 1 amide bonds. The summed E-state index contributed by atoms with van der Waals surface area (Å²) in [5, 5.41) is 0. The zero-order valence-electron chi connectivity index (χ0n) is 7.91. The van der Waals surface area contributed by atoms with E-state index in [0.29, 0.717) is 4.88 Å². The van der Waals surface area contributed by atoms with Crippen molar-refractivity contribution in [3.05, 3.63) is 28.8 Å². The van der Waals surface area contributed by atoms with Crippen LogP contribution in [0.5, 0.6) is 0 Å². The number of thiophene rings is 1. The number of hydrogen-bond donors (Lipinski definition) is 0. The van der Waals surface area contributed by atoms with E-state index in [0.717, 1.165) is 18.0 Å². The average molecular weight is 195 g/mol. The number of amides is 1. The molecule has 3 heteroatoms. The van der Waals surface area contributed by atoms with Gasteiger partial charge >= 0.3 is 0 Å². The van der Waals surface area contributed by atoms with E-state index in [-0.39, 0.29) is 5.91 Å². The number of rotatable bonds is 3. The molecule has 0 fully saturated rings. The van der Waals surface area contributed by atoms with E-state index in [1.165, 1.54) is 11.3 Å². The van der Waals surface area contributed by atoms with Crippen molar-refractivity contribution in [3.63, 3.8) is 0 Å². The van der Waals surface area contributed by atoms with Crippen LogP contribution in [-0.4, -0.2) is 23.9 Å². The van der Waals surface area contributed by atoms with Crippen LogP contribution in [0.2, 0.25) is 0 Å². The summed E-state index contributed by atoms with van der Waals surface area (Å²) >= 11 is 1.34. The molecule has 1 aromatic heterocycles. The van der Waals surface area contributed by atoms with E-state index < -0.39 is 0 Å². The Balaban J connectivity index is 2.78. The summed E-state index contributed by atoms with van der Waals surface area (Å²) in [4.78, 5) is 14.9. The average Bonchev–Trinajstić information content (AvgIpc) is 2.54. The second-order valence-corrected chi connectivity index (χ2v) is 3.79. The molecule has 0 unspecified atom stereocenters. The van der Waals surface area contributed by atoms with Gasteiger partial charge in [-0.2, -0.15) is 0 Å². The molecule has 0 spiro atoms. The normalized spacial score (nSPS) is 10.1. The fraction of sp³-hybridized carbons (Fsp3) is 0.400. The van der Waals surface area contributed by atoms with Gasteiger partial charge in [-0.05, 0) is 26.0 Å². The van der Waals surface area contributed by atoms with Gasteiger partial charge in [0.1, 0.15) is 0 Å². The van der Waals surface area contributed by atoms with Crippen molar-refractivity contribution in [1.29, 1.82) is 0 Å². The van der Waals surface area contributed by atoms with Crippen molar-refractivity contribution in [2.24, 2.45) is 0 Å². The standard InChI is InChI=1S/C10H13NOS/c1-4-11(5-2)10(12)9-7-6-8(3)13-9/h3,6-7H,4-5H2,1-2H3. The Labute approximate surface area is 83.2 Å². The lowest BCUT2D eigenvalue weighted by Crippen LogP contribution is -2.29. The first-order valence-corrected chi connectivity index (χ1v) is 5.15. The quantitative estimate of drug-likeness (QED) is 0.724. The van der Waals surface area contributed by atoms with Crippen molar-refractivity contribution in [2.75, 3.05) is 13.1 Å². The second kappa shape index (κ2) is 4.42. The van der Waals surface area contributed by atoms with Gasteiger partial charge in [0.25, 0.3) is 5.91 Å². The Morgan fingerprint density at radius 2 is 2.08 bits per heavy atom. The lowest BCUT2D eigenvalue weighted by molar-refractivity contribution is 0.0778. The number of carbonyl (C=O) groups excluding carboxylic acids is 1. The van der Waals surface area contributed by atoms with Crippen molar-refractivity contribution in [2.45, 2.75) is 13.8 Å². The van der Waals surface area contributed by atoms with Crippen LogP contribution in [0.4, 0.5) is 0 Å². The van der Waals surface area contributed by atoms with Crippen LogP contribution in [0.3, 0.4) is 0 Å². The van der Waals surface area contributed by atoms with Gasteiger partial charge in [0.05, 0.1) is 4.88 Å². The molecule has 0 saturated heterocycles. The first kappa shape index (κ1) is 10.3. The molecule has 0 saturated carbocycles. The molecule has 2 radical (unpaired) electrons. The summed E-state index contributed by atoms with van der Waals surface area (Å²) in [5.41, 5.74) is 0. The maximum Gasteiger partial charge on any atom is 0.263 e. The van der Waals surface area contributed by atoms with E-state index in [9.17, 15) is 4.79 Å². The van der Waals surface area contributed by atoms with Crippen molar-refractivity contribution in [3.8, 4) is 0 Å². The smallest absolute Gasteiger partial charge is 0.263 e. The highest BCUT2D eigenvalue weighted by atomic mass is 32.1. The fourth-order valence-electron chi connectivity index (χ4n) is 1.13. The Bertz CT molecular complexity index is 289. The molecule has 0 aromatic carbocycles. The maximum absolute atomic E-state index is 11.7. The third-order valence-electron chi connectivity index (χ3n) is 1.89. The lowest BCUT2D eigenvalue weighted by atomic mass is 10.4. The topological polar surface area (TPSA) is 20.3 Å². The first-order chi connectivity index (χ1) is 6.19. The second-order valence-electron chi connectivity index (χ2n) is 2.68. The highest BCUT2D eigenvalue weighted by Crippen LogP contribution is 2.16. The first-order valence-electron chi connectivity index (χ1n) is 4.33. The molecule has 0 bridgehead atoms. The van der Waals surface area contributed by atoms with Crippen molar-refractivity contribution >= 4 is 17.2 Å². The highest BCUT2D eigenvalue weighted by molar-refractivity contribution is 7.14. The molecule has 70 valence electrons. The summed E-state index contributed by atoms with van der Waals surface area (Å²) in [6, 6.07) is 3.54. The molecular weight excluding hydrogens is 182 g/mol. The third kappa shape index (κ3) is 2.31. The number of nitrogens with zero attached hydrogens (tertiary/aromatic N) is 1. The zero-order chi connectivity index (χ0) is 9.84. The van der Waals surface area contributed by atoms with Gasteiger partial charge in [0.15, 0.2) is 0 Å². The van der Waals surface area contributed by atoms with Gasteiger partial charge < -0.3 is 4.90 Å². The van der Waals surface area contributed by atoms with Crippen LogP contribution >= 0.6 is 11.3 Å². The van der Waals surface area contributed by atoms with Crippen molar-refractivity contribution in [1.82, 2.24) is 4.90 Å². The molecule has 0 N–H and O–H groups in total. The summed E-state index contributed by atoms with van der Waals surface area (Å²) in [7, 11) is 0. The van der Waals surface area contributed by atoms with Crippen LogP contribution in [0.25, 0.3) is 0 Å². The summed E-state index contributed by atoms with van der Waals surface area (Å²) in [6.07, 6.45) is 0. The molecular formula is C10H13NOS. The van der Waals surface area contributed by atoms with Gasteiger partial charge in [-0.1, -0.05) is 0 Å². The molecule has 13 heavy (non-hydrogen) atoms. The molecule has 0 aliphatic heterocycles. The van der Waals surface area contributed by atoms with Crippen LogP contribution < -0.4 is 0 Å². The van der Waals surface area contributed by atoms with Gasteiger partial charge in [-0.15, -0.1) is 11.3 Å². The van der Waals surface area contributed by atoms with Gasteiger partial charge in [-0.3, -0.25) is 4.79 Å². The van der Waals surface area contributed by atoms with E-state index in [1.807, 2.05) is 13.8 Å². The minimum atomic E-state index is 0.0756. The summed E-state index contributed by atoms with van der Waals surface area (Å²) in [6.45, 7) is 11.0. The van der Waals surface area contributed by atoms with Crippen LogP contribution in [0.1, 0.15) is 28.4 Å². The predicted octanol–water partition coefficient (Wildman–Crippen LogP) is 2.29.